The number of hydrogen-bond acceptors (Lipinski definition) is 4. The van der Waals surface area contributed by atoms with Gasteiger partial charge in [0.05, 0.1) is 7.11 Å². The first-order valence-corrected chi connectivity index (χ1v) is 9.26. The van der Waals surface area contributed by atoms with Crippen LogP contribution in [0.2, 0.25) is 0 Å². The number of likely N-dealkylation sites (tertiary alicyclic amines) is 1. The van der Waals surface area contributed by atoms with Crippen LogP contribution in [0, 0.1) is 0 Å². The molecular formula is C22H25N3O. The molecule has 4 rings (SSSR count). The number of hydrogen-bond donors (Lipinski definition) is 1. The van der Waals surface area contributed by atoms with Crippen LogP contribution in [0.15, 0.2) is 60.9 Å². The van der Waals surface area contributed by atoms with E-state index in [1.54, 1.807) is 7.11 Å². The molecule has 1 aromatic heterocycles. The number of nitrogens with zero attached hydrogens (tertiary/aromatic N) is 2. The fourth-order valence-electron chi connectivity index (χ4n) is 3.81. The molecule has 4 heteroatoms. The smallest absolute Gasteiger partial charge is 0.119 e. The second-order valence-corrected chi connectivity index (χ2v) is 6.96. The lowest BCUT2D eigenvalue weighted by molar-refractivity contribution is 0.209. The van der Waals surface area contributed by atoms with E-state index in [1.165, 1.54) is 29.2 Å². The SMILES string of the molecule is COc1ccc(NC2CCCN(Cc3cccc4cnccc34)C2)cc1. The third-order valence-corrected chi connectivity index (χ3v) is 5.13. The summed E-state index contributed by atoms with van der Waals surface area (Å²) in [5, 5.41) is 6.21. The number of piperidine rings is 1. The zero-order chi connectivity index (χ0) is 17.8. The second-order valence-electron chi connectivity index (χ2n) is 6.96. The van der Waals surface area contributed by atoms with Crippen molar-refractivity contribution in [1.29, 1.82) is 0 Å². The van der Waals surface area contributed by atoms with Gasteiger partial charge in [-0.2, -0.15) is 0 Å². The Kier molecular flexibility index (Phi) is 5.02. The lowest BCUT2D eigenvalue weighted by Crippen LogP contribution is -2.41. The van der Waals surface area contributed by atoms with Crippen LogP contribution >= 0.6 is 0 Å². The third-order valence-electron chi connectivity index (χ3n) is 5.13. The van der Waals surface area contributed by atoms with Crippen LogP contribution in [0.5, 0.6) is 5.75 Å². The minimum atomic E-state index is 0.480. The van der Waals surface area contributed by atoms with Gasteiger partial charge in [-0.25, -0.2) is 0 Å². The minimum absolute atomic E-state index is 0.480. The van der Waals surface area contributed by atoms with Crippen molar-refractivity contribution in [2.75, 3.05) is 25.5 Å². The van der Waals surface area contributed by atoms with E-state index in [-0.39, 0.29) is 0 Å². The summed E-state index contributed by atoms with van der Waals surface area (Å²) in [5.74, 6) is 0.895. The highest BCUT2D eigenvalue weighted by Gasteiger charge is 2.20. The Hall–Kier alpha value is -2.59. The van der Waals surface area contributed by atoms with Gasteiger partial charge in [0.2, 0.25) is 0 Å². The fourth-order valence-corrected chi connectivity index (χ4v) is 3.81. The average Bonchev–Trinajstić information content (AvgIpc) is 2.69. The molecule has 0 saturated carbocycles. The number of pyridine rings is 1. The number of ether oxygens (including phenoxy) is 1. The van der Waals surface area contributed by atoms with E-state index in [0.29, 0.717) is 6.04 Å². The Morgan fingerprint density at radius 3 is 2.88 bits per heavy atom. The van der Waals surface area contributed by atoms with Gasteiger partial charge in [-0.1, -0.05) is 18.2 Å². The molecule has 1 atom stereocenters. The van der Waals surface area contributed by atoms with Crippen molar-refractivity contribution >= 4 is 16.5 Å². The molecule has 1 unspecified atom stereocenters. The maximum Gasteiger partial charge on any atom is 0.119 e. The van der Waals surface area contributed by atoms with E-state index in [2.05, 4.69) is 51.6 Å². The molecule has 2 aromatic carbocycles. The van der Waals surface area contributed by atoms with Crippen LogP contribution in [-0.4, -0.2) is 36.1 Å². The van der Waals surface area contributed by atoms with Crippen molar-refractivity contribution in [2.45, 2.75) is 25.4 Å². The van der Waals surface area contributed by atoms with E-state index in [1.807, 2.05) is 24.5 Å². The van der Waals surface area contributed by atoms with Crippen molar-refractivity contribution in [3.8, 4) is 5.75 Å². The van der Waals surface area contributed by atoms with Crippen LogP contribution in [0.1, 0.15) is 18.4 Å². The molecule has 1 aliphatic rings. The van der Waals surface area contributed by atoms with Gasteiger partial charge >= 0.3 is 0 Å². The first-order valence-electron chi connectivity index (χ1n) is 9.26. The largest absolute Gasteiger partial charge is 0.497 e. The fraction of sp³-hybridized carbons (Fsp3) is 0.318. The molecule has 3 aromatic rings. The zero-order valence-corrected chi connectivity index (χ0v) is 15.2. The predicted octanol–water partition coefficient (Wildman–Crippen LogP) is 4.32. The molecule has 1 fully saturated rings. The zero-order valence-electron chi connectivity index (χ0n) is 15.2. The second kappa shape index (κ2) is 7.75. The maximum absolute atomic E-state index is 5.24. The van der Waals surface area contributed by atoms with E-state index >= 15 is 0 Å². The Morgan fingerprint density at radius 1 is 1.15 bits per heavy atom. The summed E-state index contributed by atoms with van der Waals surface area (Å²) in [6.07, 6.45) is 6.27. The highest BCUT2D eigenvalue weighted by atomic mass is 16.5. The van der Waals surface area contributed by atoms with Gasteiger partial charge in [0, 0.05) is 42.6 Å². The molecule has 134 valence electrons. The first kappa shape index (κ1) is 16.9. The Labute approximate surface area is 154 Å². The van der Waals surface area contributed by atoms with Crippen LogP contribution in [-0.2, 0) is 6.54 Å². The van der Waals surface area contributed by atoms with Gasteiger partial charge in [-0.05, 0) is 60.7 Å². The normalized spacial score (nSPS) is 18.0. The molecular weight excluding hydrogens is 322 g/mol. The Balaban J connectivity index is 1.43. The van der Waals surface area contributed by atoms with Gasteiger partial charge in [0.1, 0.15) is 5.75 Å². The molecule has 1 aliphatic heterocycles. The standard InChI is InChI=1S/C22H25N3O/c1-26-21-9-7-19(8-10-21)24-20-6-3-13-25(16-20)15-18-5-2-4-17-14-23-12-11-22(17)18/h2,4-5,7-12,14,20,24H,3,6,13,15-16H2,1H3. The van der Waals surface area contributed by atoms with Crippen LogP contribution in [0.4, 0.5) is 5.69 Å². The highest BCUT2D eigenvalue weighted by Crippen LogP contribution is 2.23. The van der Waals surface area contributed by atoms with E-state index in [4.69, 9.17) is 4.74 Å². The Bertz CT molecular complexity index is 857. The van der Waals surface area contributed by atoms with E-state index < -0.39 is 0 Å². The molecule has 0 spiro atoms. The number of aromatic nitrogens is 1. The van der Waals surface area contributed by atoms with E-state index in [0.717, 1.165) is 31.1 Å². The lowest BCUT2D eigenvalue weighted by Gasteiger charge is -2.34. The quantitative estimate of drug-likeness (QED) is 0.746. The van der Waals surface area contributed by atoms with Crippen LogP contribution in [0.3, 0.4) is 0 Å². The summed E-state index contributed by atoms with van der Waals surface area (Å²) in [4.78, 5) is 6.79. The summed E-state index contributed by atoms with van der Waals surface area (Å²) in [6, 6.07) is 17.3. The molecule has 0 amide bonds. The van der Waals surface area contributed by atoms with Gasteiger partial charge in [-0.15, -0.1) is 0 Å². The molecule has 1 saturated heterocycles. The van der Waals surface area contributed by atoms with Crippen LogP contribution in [0.25, 0.3) is 10.8 Å². The summed E-state index contributed by atoms with van der Waals surface area (Å²) in [5.41, 5.74) is 2.55. The summed E-state index contributed by atoms with van der Waals surface area (Å²) < 4.78 is 5.24. The first-order chi connectivity index (χ1) is 12.8. The minimum Gasteiger partial charge on any atom is -0.497 e. The Morgan fingerprint density at radius 2 is 2.04 bits per heavy atom. The van der Waals surface area contributed by atoms with Crippen LogP contribution < -0.4 is 10.1 Å². The van der Waals surface area contributed by atoms with Gasteiger partial charge in [0.15, 0.2) is 0 Å². The molecule has 26 heavy (non-hydrogen) atoms. The van der Waals surface area contributed by atoms with Crippen molar-refractivity contribution < 1.29 is 4.74 Å². The molecule has 1 N–H and O–H groups in total. The number of benzene rings is 2. The number of fused-ring (bicyclic) bond motifs is 1. The summed E-state index contributed by atoms with van der Waals surface area (Å²) >= 11 is 0. The van der Waals surface area contributed by atoms with Gasteiger partial charge in [-0.3, -0.25) is 9.88 Å². The van der Waals surface area contributed by atoms with Crippen molar-refractivity contribution in [3.05, 3.63) is 66.5 Å². The third kappa shape index (κ3) is 3.81. The summed E-state index contributed by atoms with van der Waals surface area (Å²) in [6.45, 7) is 3.21. The molecule has 0 aliphatic carbocycles. The monoisotopic (exact) mass is 347 g/mol. The van der Waals surface area contributed by atoms with Crippen molar-refractivity contribution in [3.63, 3.8) is 0 Å². The van der Waals surface area contributed by atoms with Crippen molar-refractivity contribution in [2.24, 2.45) is 0 Å². The molecule has 4 nitrogen and oxygen atoms in total. The van der Waals surface area contributed by atoms with Gasteiger partial charge in [0.25, 0.3) is 0 Å². The predicted molar refractivity (Wildman–Crippen MR) is 107 cm³/mol. The number of nitrogens with one attached hydrogen (secondary N) is 1. The van der Waals surface area contributed by atoms with E-state index in [9.17, 15) is 0 Å². The topological polar surface area (TPSA) is 37.4 Å². The number of anilines is 1. The number of rotatable bonds is 5. The average molecular weight is 347 g/mol. The highest BCUT2D eigenvalue weighted by molar-refractivity contribution is 5.84. The van der Waals surface area contributed by atoms with Crippen molar-refractivity contribution in [1.82, 2.24) is 9.88 Å². The molecule has 0 bridgehead atoms. The lowest BCUT2D eigenvalue weighted by atomic mass is 10.0. The number of methoxy groups -OCH3 is 1. The molecule has 0 radical (unpaired) electrons. The van der Waals surface area contributed by atoms with Gasteiger partial charge < -0.3 is 10.1 Å². The summed E-state index contributed by atoms with van der Waals surface area (Å²) in [7, 11) is 1.70. The maximum atomic E-state index is 5.24. The molecule has 2 heterocycles.